The molecule has 0 spiro atoms. The first-order chi connectivity index (χ1) is 5.77. The second-order valence-corrected chi connectivity index (χ2v) is 3.25. The minimum Gasteiger partial charge on any atom is -0.330 e. The van der Waals surface area contributed by atoms with Gasteiger partial charge >= 0.3 is 0 Å². The lowest BCUT2D eigenvalue weighted by Gasteiger charge is -2.15. The maximum atomic E-state index is 5.49. The van der Waals surface area contributed by atoms with Crippen molar-refractivity contribution in [2.45, 2.75) is 26.2 Å². The molecule has 0 bridgehead atoms. The van der Waals surface area contributed by atoms with Crippen LogP contribution in [0.5, 0.6) is 0 Å². The molecule has 0 heterocycles. The predicted octanol–water partition coefficient (Wildman–Crippen LogP) is 2.56. The molecule has 0 radical (unpaired) electrons. The molecule has 0 aliphatic heterocycles. The minimum absolute atomic E-state index is 0.766. The molecule has 1 aliphatic carbocycles. The van der Waals surface area contributed by atoms with Gasteiger partial charge in [0.1, 0.15) is 0 Å². The van der Waals surface area contributed by atoms with Crippen LogP contribution in [-0.2, 0) is 0 Å². The molecule has 1 aliphatic rings. The highest BCUT2D eigenvalue weighted by molar-refractivity contribution is 5.37. The Labute approximate surface area is 74.7 Å². The van der Waals surface area contributed by atoms with E-state index >= 15 is 0 Å². The van der Waals surface area contributed by atoms with Crippen molar-refractivity contribution in [1.82, 2.24) is 0 Å². The van der Waals surface area contributed by atoms with Gasteiger partial charge in [-0.05, 0) is 43.9 Å². The van der Waals surface area contributed by atoms with Crippen molar-refractivity contribution >= 4 is 0 Å². The van der Waals surface area contributed by atoms with Gasteiger partial charge in [-0.1, -0.05) is 24.3 Å². The highest BCUT2D eigenvalue weighted by atomic mass is 14.5. The van der Waals surface area contributed by atoms with Crippen molar-refractivity contribution in [3.63, 3.8) is 0 Å². The number of hydrogen-bond donors (Lipinski definition) is 1. The van der Waals surface area contributed by atoms with E-state index in [2.05, 4.69) is 19.6 Å². The van der Waals surface area contributed by atoms with E-state index in [1.54, 1.807) is 0 Å². The summed E-state index contributed by atoms with van der Waals surface area (Å²) in [6, 6.07) is 0. The van der Waals surface area contributed by atoms with Crippen LogP contribution in [0.3, 0.4) is 0 Å². The summed E-state index contributed by atoms with van der Waals surface area (Å²) in [5.74, 6) is 0. The van der Waals surface area contributed by atoms with Crippen molar-refractivity contribution in [3.05, 3.63) is 35.5 Å². The average Bonchev–Trinajstić information content (AvgIpc) is 2.05. The average molecular weight is 163 g/mol. The van der Waals surface area contributed by atoms with Crippen LogP contribution in [0, 0.1) is 0 Å². The minimum atomic E-state index is 0.766. The Bertz CT molecular complexity index is 233. The summed E-state index contributed by atoms with van der Waals surface area (Å²) in [5, 5.41) is 0. The molecule has 0 saturated heterocycles. The quantitative estimate of drug-likeness (QED) is 0.680. The van der Waals surface area contributed by atoms with Crippen LogP contribution < -0.4 is 5.73 Å². The van der Waals surface area contributed by atoms with E-state index in [1.165, 1.54) is 16.7 Å². The van der Waals surface area contributed by atoms with Gasteiger partial charge in [0.25, 0.3) is 0 Å². The van der Waals surface area contributed by atoms with Gasteiger partial charge in [0, 0.05) is 0 Å². The summed E-state index contributed by atoms with van der Waals surface area (Å²) in [6.45, 7) is 6.71. The van der Waals surface area contributed by atoms with Crippen molar-refractivity contribution in [2.75, 3.05) is 6.54 Å². The Morgan fingerprint density at radius 1 is 1.58 bits per heavy atom. The van der Waals surface area contributed by atoms with Gasteiger partial charge in [0.15, 0.2) is 0 Å². The molecule has 1 nitrogen and oxygen atoms in total. The van der Waals surface area contributed by atoms with E-state index in [1.807, 2.05) is 6.08 Å². The molecular formula is C11H17N. The van der Waals surface area contributed by atoms with E-state index in [4.69, 9.17) is 5.73 Å². The van der Waals surface area contributed by atoms with E-state index in [9.17, 15) is 0 Å². The Morgan fingerprint density at radius 2 is 2.33 bits per heavy atom. The fourth-order valence-electron chi connectivity index (χ4n) is 1.61. The summed E-state index contributed by atoms with van der Waals surface area (Å²) >= 11 is 0. The van der Waals surface area contributed by atoms with E-state index in [-0.39, 0.29) is 0 Å². The third-order valence-electron chi connectivity index (χ3n) is 2.35. The molecule has 0 aromatic rings. The smallest absolute Gasteiger partial charge is 0.00398 e. The van der Waals surface area contributed by atoms with Gasteiger partial charge < -0.3 is 5.73 Å². The lowest BCUT2D eigenvalue weighted by Crippen LogP contribution is -2.03. The maximum Gasteiger partial charge on any atom is -0.00398 e. The van der Waals surface area contributed by atoms with Crippen molar-refractivity contribution < 1.29 is 0 Å². The Morgan fingerprint density at radius 3 is 2.83 bits per heavy atom. The fourth-order valence-corrected chi connectivity index (χ4v) is 1.61. The Hall–Kier alpha value is -0.820. The molecule has 0 saturated carbocycles. The Kier molecular flexibility index (Phi) is 3.30. The van der Waals surface area contributed by atoms with Gasteiger partial charge in [-0.25, -0.2) is 0 Å². The number of allylic oxidation sites excluding steroid dienone is 4. The third kappa shape index (κ3) is 2.08. The monoisotopic (exact) mass is 163 g/mol. The third-order valence-corrected chi connectivity index (χ3v) is 2.35. The van der Waals surface area contributed by atoms with Gasteiger partial charge in [-0.2, -0.15) is 0 Å². The van der Waals surface area contributed by atoms with Crippen molar-refractivity contribution in [3.8, 4) is 0 Å². The summed E-state index contributed by atoms with van der Waals surface area (Å²) in [6.07, 6.45) is 7.57. The molecule has 0 aromatic carbocycles. The van der Waals surface area contributed by atoms with Gasteiger partial charge in [0.05, 0.1) is 0 Å². The molecule has 0 amide bonds. The predicted molar refractivity (Wildman–Crippen MR) is 53.9 cm³/mol. The van der Waals surface area contributed by atoms with Gasteiger partial charge in [-0.3, -0.25) is 0 Å². The molecule has 12 heavy (non-hydrogen) atoms. The lowest BCUT2D eigenvalue weighted by molar-refractivity contribution is 0.823. The number of hydrogen-bond acceptors (Lipinski definition) is 1. The number of nitrogens with two attached hydrogens (primary N) is 1. The summed E-state index contributed by atoms with van der Waals surface area (Å²) < 4.78 is 0. The van der Waals surface area contributed by atoms with E-state index in [0.717, 1.165) is 25.8 Å². The molecule has 1 heteroatoms. The van der Waals surface area contributed by atoms with Gasteiger partial charge in [0.2, 0.25) is 0 Å². The maximum absolute atomic E-state index is 5.49. The van der Waals surface area contributed by atoms with Crippen LogP contribution in [0.4, 0.5) is 0 Å². The van der Waals surface area contributed by atoms with Crippen LogP contribution in [0.25, 0.3) is 0 Å². The van der Waals surface area contributed by atoms with Crippen LogP contribution in [0.2, 0.25) is 0 Å². The molecule has 0 fully saturated rings. The molecule has 0 atom stereocenters. The van der Waals surface area contributed by atoms with Gasteiger partial charge in [-0.15, -0.1) is 0 Å². The highest BCUT2D eigenvalue weighted by Gasteiger charge is 2.06. The SMILES string of the molecule is C=CC1=C(C)C=C(CCN)CC1. The number of rotatable bonds is 3. The first-order valence-electron chi connectivity index (χ1n) is 4.49. The second-order valence-electron chi connectivity index (χ2n) is 3.25. The zero-order chi connectivity index (χ0) is 8.97. The lowest BCUT2D eigenvalue weighted by atomic mass is 9.92. The molecule has 1 rings (SSSR count). The molecule has 2 N–H and O–H groups in total. The van der Waals surface area contributed by atoms with E-state index < -0.39 is 0 Å². The van der Waals surface area contributed by atoms with Crippen LogP contribution in [0.1, 0.15) is 26.2 Å². The second kappa shape index (κ2) is 4.27. The summed E-state index contributed by atoms with van der Waals surface area (Å²) in [5.41, 5.74) is 9.73. The van der Waals surface area contributed by atoms with Crippen LogP contribution >= 0.6 is 0 Å². The first-order valence-corrected chi connectivity index (χ1v) is 4.49. The zero-order valence-electron chi connectivity index (χ0n) is 7.77. The zero-order valence-corrected chi connectivity index (χ0v) is 7.77. The highest BCUT2D eigenvalue weighted by Crippen LogP contribution is 2.25. The summed E-state index contributed by atoms with van der Waals surface area (Å²) in [7, 11) is 0. The topological polar surface area (TPSA) is 26.0 Å². The molecular weight excluding hydrogens is 146 g/mol. The fraction of sp³-hybridized carbons (Fsp3) is 0.455. The van der Waals surface area contributed by atoms with Crippen molar-refractivity contribution in [2.24, 2.45) is 5.73 Å². The largest absolute Gasteiger partial charge is 0.330 e. The summed E-state index contributed by atoms with van der Waals surface area (Å²) in [4.78, 5) is 0. The van der Waals surface area contributed by atoms with Crippen LogP contribution in [0.15, 0.2) is 35.5 Å². The van der Waals surface area contributed by atoms with Crippen molar-refractivity contribution in [1.29, 1.82) is 0 Å². The Balaban J connectivity index is 2.73. The normalized spacial score (nSPS) is 17.7. The standard InChI is InChI=1S/C11H17N/c1-3-11-5-4-10(6-7-12)8-9(11)2/h3,8H,1,4-7,12H2,2H3. The molecule has 0 unspecified atom stereocenters. The first kappa shape index (κ1) is 9.27. The molecule has 66 valence electrons. The van der Waals surface area contributed by atoms with E-state index in [0.29, 0.717) is 0 Å². The molecule has 0 aromatic heterocycles. The van der Waals surface area contributed by atoms with Crippen LogP contribution in [-0.4, -0.2) is 6.54 Å².